The molecule has 0 aliphatic heterocycles. The molecule has 0 spiro atoms. The van der Waals surface area contributed by atoms with Gasteiger partial charge in [-0.2, -0.15) is 0 Å². The molecule has 0 radical (unpaired) electrons. The van der Waals surface area contributed by atoms with E-state index in [-0.39, 0.29) is 23.2 Å². The Labute approximate surface area is 126 Å². The van der Waals surface area contributed by atoms with Crippen molar-refractivity contribution in [2.45, 2.75) is 45.7 Å². The number of benzene rings is 1. The molecule has 0 saturated heterocycles. The second-order valence-corrected chi connectivity index (χ2v) is 6.15. The van der Waals surface area contributed by atoms with E-state index in [1.54, 1.807) is 19.2 Å². The number of nitrogens with one attached hydrogen (secondary N) is 2. The molecule has 3 N–H and O–H groups in total. The van der Waals surface area contributed by atoms with Gasteiger partial charge in [0.2, 0.25) is 5.91 Å². The fourth-order valence-electron chi connectivity index (χ4n) is 2.01. The highest BCUT2D eigenvalue weighted by atomic mass is 16.5. The van der Waals surface area contributed by atoms with Gasteiger partial charge in [-0.05, 0) is 33.8 Å². The fraction of sp³-hybridized carbons (Fsp3) is 0.562. The summed E-state index contributed by atoms with van der Waals surface area (Å²) < 4.78 is 5.06. The number of rotatable bonds is 6. The molecule has 118 valence electrons. The van der Waals surface area contributed by atoms with Gasteiger partial charge in [-0.25, -0.2) is 0 Å². The molecule has 0 saturated carbocycles. The molecule has 0 heterocycles. The van der Waals surface area contributed by atoms with Crippen LogP contribution >= 0.6 is 0 Å². The van der Waals surface area contributed by atoms with Crippen molar-refractivity contribution in [2.24, 2.45) is 0 Å². The van der Waals surface area contributed by atoms with Crippen LogP contribution in [0.3, 0.4) is 0 Å². The van der Waals surface area contributed by atoms with Crippen molar-refractivity contribution in [3.8, 4) is 11.5 Å². The summed E-state index contributed by atoms with van der Waals surface area (Å²) in [6.45, 7) is 8.36. The molecule has 1 rings (SSSR count). The van der Waals surface area contributed by atoms with Crippen molar-refractivity contribution in [3.05, 3.63) is 23.8 Å². The van der Waals surface area contributed by atoms with Crippen molar-refractivity contribution in [3.63, 3.8) is 0 Å². The van der Waals surface area contributed by atoms with Crippen LogP contribution in [0.15, 0.2) is 18.2 Å². The van der Waals surface area contributed by atoms with Crippen LogP contribution in [0.4, 0.5) is 0 Å². The summed E-state index contributed by atoms with van der Waals surface area (Å²) in [6.07, 6.45) is 0.401. The largest absolute Gasteiger partial charge is 0.507 e. The Morgan fingerprint density at radius 2 is 2.05 bits per heavy atom. The minimum Gasteiger partial charge on any atom is -0.507 e. The van der Waals surface area contributed by atoms with Crippen LogP contribution in [-0.4, -0.2) is 30.2 Å². The molecule has 0 bridgehead atoms. The minimum absolute atomic E-state index is 0.0150. The summed E-state index contributed by atoms with van der Waals surface area (Å²) in [5.74, 6) is 0.822. The second kappa shape index (κ2) is 7.31. The van der Waals surface area contributed by atoms with E-state index < -0.39 is 0 Å². The van der Waals surface area contributed by atoms with Gasteiger partial charge < -0.3 is 20.5 Å². The van der Waals surface area contributed by atoms with Crippen LogP contribution < -0.4 is 15.4 Å². The lowest BCUT2D eigenvalue weighted by atomic mass is 10.1. The SMILES string of the molecule is COc1ccc(C(C)NCCC(=O)NC(C)(C)C)c(O)c1. The van der Waals surface area contributed by atoms with Gasteiger partial charge in [-0.1, -0.05) is 6.07 Å². The van der Waals surface area contributed by atoms with Crippen molar-refractivity contribution < 1.29 is 14.6 Å². The quantitative estimate of drug-likeness (QED) is 0.753. The lowest BCUT2D eigenvalue weighted by Crippen LogP contribution is -2.41. The average Bonchev–Trinajstić information content (AvgIpc) is 2.36. The molecule has 1 amide bonds. The number of methoxy groups -OCH3 is 1. The smallest absolute Gasteiger partial charge is 0.221 e. The summed E-state index contributed by atoms with van der Waals surface area (Å²) in [6, 6.07) is 5.17. The van der Waals surface area contributed by atoms with Crippen molar-refractivity contribution in [2.75, 3.05) is 13.7 Å². The number of hydrogen-bond donors (Lipinski definition) is 3. The van der Waals surface area contributed by atoms with Crippen molar-refractivity contribution in [1.82, 2.24) is 10.6 Å². The molecule has 1 unspecified atom stereocenters. The summed E-state index contributed by atoms with van der Waals surface area (Å²) >= 11 is 0. The van der Waals surface area contributed by atoms with Crippen molar-refractivity contribution >= 4 is 5.91 Å². The van der Waals surface area contributed by atoms with Gasteiger partial charge in [0.25, 0.3) is 0 Å². The first-order valence-electron chi connectivity index (χ1n) is 7.14. The Kier molecular flexibility index (Phi) is 6.03. The Balaban J connectivity index is 2.47. The third kappa shape index (κ3) is 6.04. The number of phenols is 1. The number of amides is 1. The summed E-state index contributed by atoms with van der Waals surface area (Å²) in [5, 5.41) is 16.1. The first-order valence-corrected chi connectivity index (χ1v) is 7.14. The van der Waals surface area contributed by atoms with E-state index in [0.717, 1.165) is 5.56 Å². The molecular weight excluding hydrogens is 268 g/mol. The van der Waals surface area contributed by atoms with Gasteiger partial charge in [-0.15, -0.1) is 0 Å². The second-order valence-electron chi connectivity index (χ2n) is 6.15. The van der Waals surface area contributed by atoms with Crippen LogP contribution in [-0.2, 0) is 4.79 Å². The number of aromatic hydroxyl groups is 1. The third-order valence-corrected chi connectivity index (χ3v) is 3.02. The Hall–Kier alpha value is -1.75. The number of carbonyl (C=O) groups excluding carboxylic acids is 1. The number of carbonyl (C=O) groups is 1. The predicted octanol–water partition coefficient (Wildman–Crippen LogP) is 2.36. The highest BCUT2D eigenvalue weighted by Crippen LogP contribution is 2.28. The molecule has 1 aromatic rings. The molecule has 1 aromatic carbocycles. The average molecular weight is 294 g/mol. The Morgan fingerprint density at radius 3 is 2.57 bits per heavy atom. The van der Waals surface area contributed by atoms with Crippen LogP contribution in [0.5, 0.6) is 11.5 Å². The van der Waals surface area contributed by atoms with E-state index in [0.29, 0.717) is 18.7 Å². The maximum atomic E-state index is 11.7. The third-order valence-electron chi connectivity index (χ3n) is 3.02. The molecule has 1 atom stereocenters. The standard InChI is InChI=1S/C16H26N2O3/c1-11(13-7-6-12(21-5)10-14(13)19)17-9-8-15(20)18-16(2,3)4/h6-7,10-11,17,19H,8-9H2,1-5H3,(H,18,20). The van der Waals surface area contributed by atoms with Crippen molar-refractivity contribution in [1.29, 1.82) is 0 Å². The summed E-state index contributed by atoms with van der Waals surface area (Å²) in [4.78, 5) is 11.7. The zero-order valence-corrected chi connectivity index (χ0v) is 13.5. The number of phenolic OH excluding ortho intramolecular Hbond substituents is 1. The maximum absolute atomic E-state index is 11.7. The first kappa shape index (κ1) is 17.3. The highest BCUT2D eigenvalue weighted by molar-refractivity contribution is 5.76. The fourth-order valence-corrected chi connectivity index (χ4v) is 2.01. The topological polar surface area (TPSA) is 70.6 Å². The zero-order valence-electron chi connectivity index (χ0n) is 13.5. The highest BCUT2D eigenvalue weighted by Gasteiger charge is 2.14. The van der Waals surface area contributed by atoms with Gasteiger partial charge in [0.05, 0.1) is 7.11 Å². The van der Waals surface area contributed by atoms with Gasteiger partial charge >= 0.3 is 0 Å². The molecule has 0 aromatic heterocycles. The van der Waals surface area contributed by atoms with Gasteiger partial charge in [0.1, 0.15) is 11.5 Å². The van der Waals surface area contributed by atoms with Crippen LogP contribution in [0.2, 0.25) is 0 Å². The minimum atomic E-state index is -0.211. The monoisotopic (exact) mass is 294 g/mol. The normalized spacial score (nSPS) is 12.8. The molecule has 0 fully saturated rings. The number of ether oxygens (including phenoxy) is 1. The molecule has 5 nitrogen and oxygen atoms in total. The molecule has 0 aliphatic rings. The van der Waals surface area contributed by atoms with Gasteiger partial charge in [-0.3, -0.25) is 4.79 Å². The van der Waals surface area contributed by atoms with E-state index in [1.807, 2.05) is 33.8 Å². The number of hydrogen-bond acceptors (Lipinski definition) is 4. The zero-order chi connectivity index (χ0) is 16.0. The van der Waals surface area contributed by atoms with Gasteiger partial charge in [0.15, 0.2) is 0 Å². The molecular formula is C16H26N2O3. The van der Waals surface area contributed by atoms with Crippen LogP contribution in [0.25, 0.3) is 0 Å². The lowest BCUT2D eigenvalue weighted by Gasteiger charge is -2.21. The van der Waals surface area contributed by atoms with E-state index >= 15 is 0 Å². The van der Waals surface area contributed by atoms with Crippen LogP contribution in [0, 0.1) is 0 Å². The van der Waals surface area contributed by atoms with Gasteiger partial charge in [0, 0.05) is 36.2 Å². The van der Waals surface area contributed by atoms with E-state index in [1.165, 1.54) is 0 Å². The summed E-state index contributed by atoms with van der Waals surface area (Å²) in [7, 11) is 1.56. The molecule has 21 heavy (non-hydrogen) atoms. The lowest BCUT2D eigenvalue weighted by molar-refractivity contribution is -0.122. The van der Waals surface area contributed by atoms with Crippen LogP contribution in [0.1, 0.15) is 45.7 Å². The molecule has 0 aliphatic carbocycles. The van der Waals surface area contributed by atoms with E-state index in [9.17, 15) is 9.90 Å². The summed E-state index contributed by atoms with van der Waals surface area (Å²) in [5.41, 5.74) is 0.573. The first-order chi connectivity index (χ1) is 9.73. The predicted molar refractivity (Wildman–Crippen MR) is 83.6 cm³/mol. The Morgan fingerprint density at radius 1 is 1.38 bits per heavy atom. The van der Waals surface area contributed by atoms with E-state index in [4.69, 9.17) is 4.74 Å². The van der Waals surface area contributed by atoms with E-state index in [2.05, 4.69) is 10.6 Å². The maximum Gasteiger partial charge on any atom is 0.221 e. The Bertz CT molecular complexity index is 481. The molecule has 5 heteroatoms.